The lowest BCUT2D eigenvalue weighted by Crippen LogP contribution is -2.01. The number of benzene rings is 1. The Hall–Kier alpha value is -1.43. The van der Waals surface area contributed by atoms with Gasteiger partial charge in [-0.2, -0.15) is 4.98 Å². The summed E-state index contributed by atoms with van der Waals surface area (Å²) in [4.78, 5) is 4.37. The fourth-order valence-electron chi connectivity index (χ4n) is 1.66. The van der Waals surface area contributed by atoms with Gasteiger partial charge in [-0.15, -0.1) is 12.4 Å². The number of aromatic nitrogens is 2. The fourth-order valence-corrected chi connectivity index (χ4v) is 1.66. The first kappa shape index (κ1) is 15.6. The highest BCUT2D eigenvalue weighted by Crippen LogP contribution is 2.20. The van der Waals surface area contributed by atoms with Crippen LogP contribution in [0.3, 0.4) is 0 Å². The SMILES string of the molecule is COCC(C)c1nc(-c2ccc(CN)cc2)no1.Cl. The first-order chi connectivity index (χ1) is 8.74. The normalized spacial score (nSPS) is 11.9. The second-order valence-corrected chi connectivity index (χ2v) is 4.21. The second-order valence-electron chi connectivity index (χ2n) is 4.21. The number of ether oxygens (including phenoxy) is 1. The molecular formula is C13H18ClN3O2. The summed E-state index contributed by atoms with van der Waals surface area (Å²) in [6.07, 6.45) is 0. The summed E-state index contributed by atoms with van der Waals surface area (Å²) < 4.78 is 10.3. The molecule has 2 rings (SSSR count). The third-order valence-corrected chi connectivity index (χ3v) is 2.73. The number of hydrogen-bond donors (Lipinski definition) is 1. The summed E-state index contributed by atoms with van der Waals surface area (Å²) in [5.74, 6) is 1.28. The highest BCUT2D eigenvalue weighted by molar-refractivity contribution is 5.85. The molecule has 19 heavy (non-hydrogen) atoms. The zero-order valence-electron chi connectivity index (χ0n) is 11.0. The Morgan fingerprint density at radius 2 is 2.00 bits per heavy atom. The van der Waals surface area contributed by atoms with Gasteiger partial charge in [0.05, 0.1) is 12.5 Å². The van der Waals surface area contributed by atoms with E-state index in [1.807, 2.05) is 31.2 Å². The van der Waals surface area contributed by atoms with Crippen LogP contribution in [0.1, 0.15) is 24.3 Å². The second kappa shape index (κ2) is 7.23. The van der Waals surface area contributed by atoms with Crippen LogP contribution in [0, 0.1) is 0 Å². The van der Waals surface area contributed by atoms with E-state index in [1.54, 1.807) is 7.11 Å². The van der Waals surface area contributed by atoms with Gasteiger partial charge in [-0.3, -0.25) is 0 Å². The monoisotopic (exact) mass is 283 g/mol. The van der Waals surface area contributed by atoms with Gasteiger partial charge in [0, 0.05) is 19.2 Å². The van der Waals surface area contributed by atoms with Crippen LogP contribution in [-0.4, -0.2) is 23.9 Å². The molecule has 0 amide bonds. The highest BCUT2D eigenvalue weighted by atomic mass is 35.5. The van der Waals surface area contributed by atoms with E-state index < -0.39 is 0 Å². The molecule has 0 radical (unpaired) electrons. The Kier molecular flexibility index (Phi) is 5.95. The van der Waals surface area contributed by atoms with E-state index in [0.29, 0.717) is 24.9 Å². The van der Waals surface area contributed by atoms with Crippen molar-refractivity contribution in [3.05, 3.63) is 35.7 Å². The van der Waals surface area contributed by atoms with Crippen LogP contribution in [0.5, 0.6) is 0 Å². The van der Waals surface area contributed by atoms with Crippen molar-refractivity contribution in [3.63, 3.8) is 0 Å². The summed E-state index contributed by atoms with van der Waals surface area (Å²) in [5, 5.41) is 3.97. The average molecular weight is 284 g/mol. The van der Waals surface area contributed by atoms with E-state index in [0.717, 1.165) is 11.1 Å². The lowest BCUT2D eigenvalue weighted by molar-refractivity contribution is 0.170. The van der Waals surface area contributed by atoms with Gasteiger partial charge in [-0.1, -0.05) is 36.3 Å². The first-order valence-corrected chi connectivity index (χ1v) is 5.86. The van der Waals surface area contributed by atoms with E-state index in [9.17, 15) is 0 Å². The lowest BCUT2D eigenvalue weighted by atomic mass is 10.1. The number of nitrogens with two attached hydrogens (primary N) is 1. The molecule has 0 aliphatic carbocycles. The number of methoxy groups -OCH3 is 1. The molecular weight excluding hydrogens is 266 g/mol. The molecule has 0 bridgehead atoms. The van der Waals surface area contributed by atoms with E-state index in [1.165, 1.54) is 0 Å². The van der Waals surface area contributed by atoms with E-state index in [4.69, 9.17) is 15.0 Å². The maximum absolute atomic E-state index is 5.55. The van der Waals surface area contributed by atoms with Crippen molar-refractivity contribution >= 4 is 12.4 Å². The van der Waals surface area contributed by atoms with Crippen LogP contribution >= 0.6 is 12.4 Å². The van der Waals surface area contributed by atoms with Crippen molar-refractivity contribution in [2.75, 3.05) is 13.7 Å². The Bertz CT molecular complexity index is 499. The molecule has 1 aromatic carbocycles. The van der Waals surface area contributed by atoms with Gasteiger partial charge < -0.3 is 15.0 Å². The van der Waals surface area contributed by atoms with Gasteiger partial charge in [0.15, 0.2) is 0 Å². The Morgan fingerprint density at radius 3 is 2.58 bits per heavy atom. The molecule has 104 valence electrons. The van der Waals surface area contributed by atoms with Gasteiger partial charge in [0.2, 0.25) is 11.7 Å². The van der Waals surface area contributed by atoms with Crippen LogP contribution in [-0.2, 0) is 11.3 Å². The third-order valence-electron chi connectivity index (χ3n) is 2.73. The maximum atomic E-state index is 5.55. The Morgan fingerprint density at radius 1 is 1.32 bits per heavy atom. The summed E-state index contributed by atoms with van der Waals surface area (Å²) in [5.41, 5.74) is 7.55. The zero-order chi connectivity index (χ0) is 13.0. The topological polar surface area (TPSA) is 74.2 Å². The molecule has 1 aromatic heterocycles. The van der Waals surface area contributed by atoms with E-state index in [-0.39, 0.29) is 18.3 Å². The van der Waals surface area contributed by atoms with Gasteiger partial charge in [-0.05, 0) is 5.56 Å². The van der Waals surface area contributed by atoms with E-state index >= 15 is 0 Å². The van der Waals surface area contributed by atoms with Crippen molar-refractivity contribution in [3.8, 4) is 11.4 Å². The van der Waals surface area contributed by atoms with Crippen LogP contribution in [0.25, 0.3) is 11.4 Å². The quantitative estimate of drug-likeness (QED) is 0.912. The number of hydrogen-bond acceptors (Lipinski definition) is 5. The molecule has 1 unspecified atom stereocenters. The number of halogens is 1. The Balaban J connectivity index is 0.00000180. The maximum Gasteiger partial charge on any atom is 0.232 e. The van der Waals surface area contributed by atoms with Crippen LogP contribution < -0.4 is 5.73 Å². The number of nitrogens with zero attached hydrogens (tertiary/aromatic N) is 2. The average Bonchev–Trinajstić information content (AvgIpc) is 2.89. The molecule has 5 nitrogen and oxygen atoms in total. The predicted octanol–water partition coefficient (Wildman–Crippen LogP) is 2.37. The van der Waals surface area contributed by atoms with Crippen molar-refractivity contribution in [1.29, 1.82) is 0 Å². The minimum atomic E-state index is 0. The van der Waals surface area contributed by atoms with Gasteiger partial charge in [0.25, 0.3) is 0 Å². The smallest absolute Gasteiger partial charge is 0.232 e. The highest BCUT2D eigenvalue weighted by Gasteiger charge is 2.14. The summed E-state index contributed by atoms with van der Waals surface area (Å²) >= 11 is 0. The molecule has 0 aliphatic rings. The van der Waals surface area contributed by atoms with Gasteiger partial charge in [0.1, 0.15) is 0 Å². The van der Waals surface area contributed by atoms with Crippen LogP contribution in [0.15, 0.2) is 28.8 Å². The van der Waals surface area contributed by atoms with Gasteiger partial charge >= 0.3 is 0 Å². The van der Waals surface area contributed by atoms with E-state index in [2.05, 4.69) is 10.1 Å². The molecule has 2 aromatic rings. The van der Waals surface area contributed by atoms with Crippen molar-refractivity contribution in [1.82, 2.24) is 10.1 Å². The largest absolute Gasteiger partial charge is 0.384 e. The standard InChI is InChI=1S/C13H17N3O2.ClH/c1-9(8-17-2)13-15-12(16-18-13)11-5-3-10(7-14)4-6-11;/h3-6,9H,7-8,14H2,1-2H3;1H. The van der Waals surface area contributed by atoms with Crippen molar-refractivity contribution < 1.29 is 9.26 Å². The molecule has 2 N–H and O–H groups in total. The molecule has 0 spiro atoms. The summed E-state index contributed by atoms with van der Waals surface area (Å²) in [6.45, 7) is 3.08. The van der Waals surface area contributed by atoms with Crippen LogP contribution in [0.2, 0.25) is 0 Å². The molecule has 1 heterocycles. The summed E-state index contributed by atoms with van der Waals surface area (Å²) in [6, 6.07) is 7.81. The van der Waals surface area contributed by atoms with Crippen LogP contribution in [0.4, 0.5) is 0 Å². The minimum Gasteiger partial charge on any atom is -0.384 e. The molecule has 1 atom stereocenters. The molecule has 0 aliphatic heterocycles. The predicted molar refractivity (Wildman–Crippen MR) is 75.2 cm³/mol. The van der Waals surface area contributed by atoms with Crippen molar-refractivity contribution in [2.45, 2.75) is 19.4 Å². The summed E-state index contributed by atoms with van der Waals surface area (Å²) in [7, 11) is 1.65. The molecule has 0 saturated heterocycles. The zero-order valence-corrected chi connectivity index (χ0v) is 11.8. The third kappa shape index (κ3) is 3.76. The van der Waals surface area contributed by atoms with Gasteiger partial charge in [-0.25, -0.2) is 0 Å². The number of rotatable bonds is 5. The van der Waals surface area contributed by atoms with Crippen molar-refractivity contribution in [2.24, 2.45) is 5.73 Å². The lowest BCUT2D eigenvalue weighted by Gasteiger charge is -2.02. The first-order valence-electron chi connectivity index (χ1n) is 5.86. The molecule has 6 heteroatoms. The molecule has 0 saturated carbocycles. The molecule has 0 fully saturated rings. The fraction of sp³-hybridized carbons (Fsp3) is 0.385. The Labute approximate surface area is 118 Å². The minimum absolute atomic E-state index is 0.